The number of carbonyl (C=O) groups is 1. The Morgan fingerprint density at radius 1 is 1.41 bits per heavy atom. The van der Waals surface area contributed by atoms with Crippen molar-refractivity contribution in [1.82, 2.24) is 10.2 Å². The molecule has 0 aromatic heterocycles. The van der Waals surface area contributed by atoms with Crippen LogP contribution in [0.3, 0.4) is 0 Å². The van der Waals surface area contributed by atoms with E-state index in [2.05, 4.69) is 12.2 Å². The molecule has 1 saturated heterocycles. The third-order valence-corrected chi connectivity index (χ3v) is 4.03. The fraction of sp³-hybridized carbons (Fsp3) is 0.923. The van der Waals surface area contributed by atoms with E-state index in [-0.39, 0.29) is 6.03 Å². The third-order valence-electron chi connectivity index (χ3n) is 4.03. The first-order valence-electron chi connectivity index (χ1n) is 6.84. The molecule has 0 spiro atoms. The number of hydrogen-bond donors (Lipinski definition) is 2. The average molecular weight is 240 g/mol. The zero-order chi connectivity index (χ0) is 12.3. The molecule has 0 radical (unpaired) electrons. The van der Waals surface area contributed by atoms with E-state index in [1.54, 1.807) is 0 Å². The van der Waals surface area contributed by atoms with Gasteiger partial charge in [-0.05, 0) is 31.6 Å². The van der Waals surface area contributed by atoms with E-state index in [0.717, 1.165) is 45.2 Å². The molecule has 2 unspecified atom stereocenters. The second kappa shape index (κ2) is 5.25. The lowest BCUT2D eigenvalue weighted by molar-refractivity contribution is -0.0102. The van der Waals surface area contributed by atoms with Gasteiger partial charge in [0.05, 0.1) is 5.60 Å². The standard InChI is InChI=1S/C13H24N2O2/c1-11-5-4-6-13(17,9-11)10-14-12(16)15-7-2-3-8-15/h11,17H,2-10H2,1H3,(H,14,16). The van der Waals surface area contributed by atoms with Crippen LogP contribution in [0.25, 0.3) is 0 Å². The van der Waals surface area contributed by atoms with E-state index in [0.29, 0.717) is 12.5 Å². The summed E-state index contributed by atoms with van der Waals surface area (Å²) in [5, 5.41) is 13.3. The summed E-state index contributed by atoms with van der Waals surface area (Å²) < 4.78 is 0. The third kappa shape index (κ3) is 3.35. The zero-order valence-electron chi connectivity index (χ0n) is 10.7. The molecule has 2 N–H and O–H groups in total. The summed E-state index contributed by atoms with van der Waals surface area (Å²) >= 11 is 0. The highest BCUT2D eigenvalue weighted by molar-refractivity contribution is 5.74. The maximum absolute atomic E-state index is 11.8. The van der Waals surface area contributed by atoms with Crippen LogP contribution in [0.1, 0.15) is 45.4 Å². The van der Waals surface area contributed by atoms with E-state index in [4.69, 9.17) is 0 Å². The maximum Gasteiger partial charge on any atom is 0.317 e. The molecule has 1 aliphatic carbocycles. The van der Waals surface area contributed by atoms with Gasteiger partial charge in [0.25, 0.3) is 0 Å². The average Bonchev–Trinajstić information content (AvgIpc) is 2.79. The first kappa shape index (κ1) is 12.7. The van der Waals surface area contributed by atoms with Gasteiger partial charge >= 0.3 is 6.03 Å². The van der Waals surface area contributed by atoms with Crippen LogP contribution in [0.2, 0.25) is 0 Å². The maximum atomic E-state index is 11.8. The van der Waals surface area contributed by atoms with Crippen LogP contribution in [0.15, 0.2) is 0 Å². The van der Waals surface area contributed by atoms with Crippen LogP contribution >= 0.6 is 0 Å². The molecule has 2 fully saturated rings. The highest BCUT2D eigenvalue weighted by Crippen LogP contribution is 2.31. The van der Waals surface area contributed by atoms with Crippen molar-refractivity contribution < 1.29 is 9.90 Å². The smallest absolute Gasteiger partial charge is 0.317 e. The van der Waals surface area contributed by atoms with Gasteiger partial charge in [-0.2, -0.15) is 0 Å². The number of nitrogens with zero attached hydrogens (tertiary/aromatic N) is 1. The van der Waals surface area contributed by atoms with Gasteiger partial charge in [0, 0.05) is 19.6 Å². The Hall–Kier alpha value is -0.770. The molecule has 2 rings (SSSR count). The molecule has 17 heavy (non-hydrogen) atoms. The van der Waals surface area contributed by atoms with E-state index >= 15 is 0 Å². The van der Waals surface area contributed by atoms with Crippen molar-refractivity contribution in [3.8, 4) is 0 Å². The molecule has 2 atom stereocenters. The van der Waals surface area contributed by atoms with Crippen LogP contribution in [0.4, 0.5) is 4.79 Å². The molecule has 98 valence electrons. The summed E-state index contributed by atoms with van der Waals surface area (Å²) in [6.07, 6.45) is 6.11. The fourth-order valence-corrected chi connectivity index (χ4v) is 3.07. The Morgan fingerprint density at radius 2 is 2.12 bits per heavy atom. The highest BCUT2D eigenvalue weighted by Gasteiger charge is 2.33. The van der Waals surface area contributed by atoms with Crippen molar-refractivity contribution in [1.29, 1.82) is 0 Å². The summed E-state index contributed by atoms with van der Waals surface area (Å²) in [6, 6.07) is -0.00542. The van der Waals surface area contributed by atoms with Gasteiger partial charge < -0.3 is 15.3 Å². The molecular weight excluding hydrogens is 216 g/mol. The lowest BCUT2D eigenvalue weighted by atomic mass is 9.79. The number of likely N-dealkylation sites (tertiary alicyclic amines) is 1. The van der Waals surface area contributed by atoms with Crippen molar-refractivity contribution in [2.24, 2.45) is 5.92 Å². The second-order valence-corrected chi connectivity index (χ2v) is 5.78. The summed E-state index contributed by atoms with van der Waals surface area (Å²) in [4.78, 5) is 13.7. The minimum atomic E-state index is -0.674. The van der Waals surface area contributed by atoms with Gasteiger partial charge in [-0.1, -0.05) is 19.8 Å². The van der Waals surface area contributed by atoms with Crippen LogP contribution < -0.4 is 5.32 Å². The number of urea groups is 1. The Morgan fingerprint density at radius 3 is 2.76 bits per heavy atom. The predicted octanol–water partition coefficient (Wildman–Crippen LogP) is 1.73. The van der Waals surface area contributed by atoms with E-state index < -0.39 is 5.60 Å². The molecule has 1 heterocycles. The van der Waals surface area contributed by atoms with E-state index in [1.165, 1.54) is 6.42 Å². The van der Waals surface area contributed by atoms with Gasteiger partial charge in [0.1, 0.15) is 0 Å². The number of amides is 2. The normalized spacial score (nSPS) is 33.8. The molecule has 2 aliphatic rings. The zero-order valence-corrected chi connectivity index (χ0v) is 10.7. The van der Waals surface area contributed by atoms with Crippen molar-refractivity contribution in [2.45, 2.75) is 51.0 Å². The molecule has 1 saturated carbocycles. The van der Waals surface area contributed by atoms with Crippen molar-refractivity contribution in [3.63, 3.8) is 0 Å². The molecule has 0 bridgehead atoms. The van der Waals surface area contributed by atoms with Gasteiger partial charge in [0.15, 0.2) is 0 Å². The van der Waals surface area contributed by atoms with Crippen LogP contribution in [0, 0.1) is 5.92 Å². The number of hydrogen-bond acceptors (Lipinski definition) is 2. The molecule has 4 nitrogen and oxygen atoms in total. The van der Waals surface area contributed by atoms with Crippen molar-refractivity contribution in [2.75, 3.05) is 19.6 Å². The van der Waals surface area contributed by atoms with Gasteiger partial charge in [-0.25, -0.2) is 4.79 Å². The fourth-order valence-electron chi connectivity index (χ4n) is 3.07. The second-order valence-electron chi connectivity index (χ2n) is 5.78. The Balaban J connectivity index is 1.78. The summed E-state index contributed by atoms with van der Waals surface area (Å²) in [6.45, 7) is 4.31. The number of carbonyl (C=O) groups excluding carboxylic acids is 1. The topological polar surface area (TPSA) is 52.6 Å². The predicted molar refractivity (Wildman–Crippen MR) is 66.8 cm³/mol. The Bertz CT molecular complexity index is 277. The van der Waals surface area contributed by atoms with E-state index in [1.807, 2.05) is 4.90 Å². The van der Waals surface area contributed by atoms with Gasteiger partial charge in [-0.15, -0.1) is 0 Å². The first-order chi connectivity index (χ1) is 8.09. The van der Waals surface area contributed by atoms with Crippen LogP contribution in [-0.4, -0.2) is 41.3 Å². The number of rotatable bonds is 2. The summed E-state index contributed by atoms with van der Waals surface area (Å²) in [5.41, 5.74) is -0.674. The van der Waals surface area contributed by atoms with Crippen LogP contribution in [-0.2, 0) is 0 Å². The number of nitrogens with one attached hydrogen (secondary N) is 1. The monoisotopic (exact) mass is 240 g/mol. The SMILES string of the molecule is CC1CCCC(O)(CNC(=O)N2CCCC2)C1. The molecule has 0 aromatic rings. The lowest BCUT2D eigenvalue weighted by Crippen LogP contribution is -2.49. The molecule has 4 heteroatoms. The van der Waals surface area contributed by atoms with E-state index in [9.17, 15) is 9.90 Å². The summed E-state index contributed by atoms with van der Waals surface area (Å²) in [5.74, 6) is 0.567. The van der Waals surface area contributed by atoms with Crippen molar-refractivity contribution >= 4 is 6.03 Å². The quantitative estimate of drug-likeness (QED) is 0.772. The Kier molecular flexibility index (Phi) is 3.92. The minimum Gasteiger partial charge on any atom is -0.388 e. The highest BCUT2D eigenvalue weighted by atomic mass is 16.3. The van der Waals surface area contributed by atoms with Crippen LogP contribution in [0.5, 0.6) is 0 Å². The minimum absolute atomic E-state index is 0.00542. The summed E-state index contributed by atoms with van der Waals surface area (Å²) in [7, 11) is 0. The van der Waals surface area contributed by atoms with Crippen molar-refractivity contribution in [3.05, 3.63) is 0 Å². The van der Waals surface area contributed by atoms with Gasteiger partial charge in [-0.3, -0.25) is 0 Å². The largest absolute Gasteiger partial charge is 0.388 e. The molecule has 2 amide bonds. The molecular formula is C13H24N2O2. The lowest BCUT2D eigenvalue weighted by Gasteiger charge is -2.36. The Labute approximate surface area is 103 Å². The number of aliphatic hydroxyl groups is 1. The first-order valence-corrected chi connectivity index (χ1v) is 6.84. The molecule has 0 aromatic carbocycles. The molecule has 1 aliphatic heterocycles. The van der Waals surface area contributed by atoms with Gasteiger partial charge in [0.2, 0.25) is 0 Å².